The largest absolute Gasteiger partial charge is 0.480 e. The SMILES string of the molecule is [2H]N(NC(C(=O)O)c1ccccc1)C(=O)OCC=C. The maximum atomic E-state index is 11.3. The molecule has 1 aromatic rings. The van der Waals surface area contributed by atoms with E-state index in [0.29, 0.717) is 5.56 Å². The van der Waals surface area contributed by atoms with E-state index in [-0.39, 0.29) is 12.0 Å². The lowest BCUT2D eigenvalue weighted by Gasteiger charge is -2.15. The van der Waals surface area contributed by atoms with Crippen molar-refractivity contribution in [1.29, 1.82) is 0 Å². The molecule has 96 valence electrons. The van der Waals surface area contributed by atoms with Crippen molar-refractivity contribution in [3.05, 3.63) is 48.6 Å². The highest BCUT2D eigenvalue weighted by molar-refractivity contribution is 5.76. The lowest BCUT2D eigenvalue weighted by molar-refractivity contribution is -0.139. The Balaban J connectivity index is 2.72. The van der Waals surface area contributed by atoms with Gasteiger partial charge in [-0.15, -0.1) is 0 Å². The molecular formula is C12H14N2O4. The van der Waals surface area contributed by atoms with Gasteiger partial charge in [0.05, 0.1) is 0 Å². The van der Waals surface area contributed by atoms with Gasteiger partial charge in [-0.25, -0.2) is 10.2 Å². The van der Waals surface area contributed by atoms with E-state index < -0.39 is 18.1 Å². The molecule has 0 aliphatic rings. The smallest absolute Gasteiger partial charge is 0.421 e. The zero-order valence-electron chi connectivity index (χ0n) is 10.6. The van der Waals surface area contributed by atoms with Gasteiger partial charge in [-0.2, -0.15) is 0 Å². The fraction of sp³-hybridized carbons (Fsp3) is 0.167. The van der Waals surface area contributed by atoms with Crippen LogP contribution in [0.25, 0.3) is 0 Å². The summed E-state index contributed by atoms with van der Waals surface area (Å²) in [5.74, 6) is -1.21. The van der Waals surface area contributed by atoms with E-state index in [9.17, 15) is 9.59 Å². The summed E-state index contributed by atoms with van der Waals surface area (Å²) in [6, 6.07) is 7.01. The van der Waals surface area contributed by atoms with Crippen molar-refractivity contribution in [2.24, 2.45) is 0 Å². The second-order valence-electron chi connectivity index (χ2n) is 3.29. The zero-order valence-corrected chi connectivity index (χ0v) is 9.57. The van der Waals surface area contributed by atoms with Gasteiger partial charge in [-0.3, -0.25) is 10.2 Å². The van der Waals surface area contributed by atoms with E-state index in [2.05, 4.69) is 16.7 Å². The Kier molecular flexibility index (Phi) is 4.77. The van der Waals surface area contributed by atoms with E-state index in [4.69, 9.17) is 6.52 Å². The van der Waals surface area contributed by atoms with Crippen LogP contribution in [0.1, 0.15) is 11.6 Å². The number of amides is 1. The highest BCUT2D eigenvalue weighted by atomic mass is 16.6. The molecule has 0 saturated carbocycles. The first-order chi connectivity index (χ1) is 9.06. The Bertz CT molecular complexity index is 452. The number of hydrogen-bond donors (Lipinski definition) is 3. The minimum Gasteiger partial charge on any atom is -0.480 e. The first kappa shape index (κ1) is 12.1. The fourth-order valence-corrected chi connectivity index (χ4v) is 1.20. The molecule has 6 nitrogen and oxygen atoms in total. The van der Waals surface area contributed by atoms with Crippen molar-refractivity contribution in [3.63, 3.8) is 0 Å². The van der Waals surface area contributed by atoms with Crippen molar-refractivity contribution < 1.29 is 20.8 Å². The van der Waals surface area contributed by atoms with Gasteiger partial charge in [0.2, 0.25) is 0 Å². The molecule has 3 N–H and O–H groups in total. The average molecular weight is 251 g/mol. The summed E-state index contributed by atoms with van der Waals surface area (Å²) < 4.78 is 12.0. The summed E-state index contributed by atoms with van der Waals surface area (Å²) in [4.78, 5) is 22.4. The maximum absolute atomic E-state index is 11.3. The van der Waals surface area contributed by atoms with Gasteiger partial charge in [-0.05, 0) is 5.56 Å². The van der Waals surface area contributed by atoms with Crippen LogP contribution in [-0.2, 0) is 9.53 Å². The molecule has 1 amide bonds. The Morgan fingerprint density at radius 3 is 2.72 bits per heavy atom. The predicted molar refractivity (Wildman–Crippen MR) is 64.6 cm³/mol. The summed E-state index contributed by atoms with van der Waals surface area (Å²) >= 11 is 0. The number of ether oxygens (including phenoxy) is 1. The molecule has 0 heterocycles. The van der Waals surface area contributed by atoms with Crippen LogP contribution >= 0.6 is 0 Å². The Morgan fingerprint density at radius 1 is 1.50 bits per heavy atom. The molecule has 1 aromatic carbocycles. The predicted octanol–water partition coefficient (Wildman–Crippen LogP) is 1.23. The van der Waals surface area contributed by atoms with E-state index in [0.717, 1.165) is 0 Å². The first-order valence-corrected chi connectivity index (χ1v) is 5.17. The molecule has 1 unspecified atom stereocenters. The minimum absolute atomic E-state index is 0.0566. The van der Waals surface area contributed by atoms with Crippen molar-refractivity contribution in [3.8, 4) is 0 Å². The van der Waals surface area contributed by atoms with Crippen molar-refractivity contribution >= 4 is 12.1 Å². The maximum Gasteiger partial charge on any atom is 0.421 e. The third-order valence-electron chi connectivity index (χ3n) is 1.99. The lowest BCUT2D eigenvalue weighted by atomic mass is 10.1. The van der Waals surface area contributed by atoms with Crippen LogP contribution in [0.15, 0.2) is 43.0 Å². The van der Waals surface area contributed by atoms with Crippen molar-refractivity contribution in [2.45, 2.75) is 6.04 Å². The van der Waals surface area contributed by atoms with Crippen LogP contribution < -0.4 is 10.8 Å². The second kappa shape index (κ2) is 7.08. The fourth-order valence-electron chi connectivity index (χ4n) is 1.20. The van der Waals surface area contributed by atoms with Crippen LogP contribution in [0.4, 0.5) is 4.79 Å². The van der Waals surface area contributed by atoms with E-state index in [1.165, 1.54) is 6.08 Å². The number of carboxylic acid groups (broad SMARTS) is 1. The van der Waals surface area contributed by atoms with Crippen LogP contribution in [0.2, 0.25) is 1.41 Å². The molecule has 0 saturated heterocycles. The number of carbonyl (C=O) groups is 2. The molecule has 18 heavy (non-hydrogen) atoms. The van der Waals surface area contributed by atoms with Crippen molar-refractivity contribution in [2.75, 3.05) is 6.61 Å². The third kappa shape index (κ3) is 4.26. The van der Waals surface area contributed by atoms with Crippen molar-refractivity contribution in [1.82, 2.24) is 10.8 Å². The number of benzene rings is 1. The van der Waals surface area contributed by atoms with Gasteiger partial charge >= 0.3 is 12.1 Å². The van der Waals surface area contributed by atoms with Crippen LogP contribution in [-0.4, -0.2) is 23.8 Å². The molecule has 0 fully saturated rings. The van der Waals surface area contributed by atoms with Crippen LogP contribution in [0.3, 0.4) is 0 Å². The number of aliphatic carboxylic acids is 1. The van der Waals surface area contributed by atoms with Crippen LogP contribution in [0.5, 0.6) is 0 Å². The summed E-state index contributed by atoms with van der Waals surface area (Å²) in [5.41, 5.74) is 2.90. The quantitative estimate of drug-likeness (QED) is 0.523. The zero-order chi connectivity index (χ0) is 14.3. The molecule has 0 aliphatic heterocycles. The second-order valence-corrected chi connectivity index (χ2v) is 3.29. The molecule has 0 bridgehead atoms. The average Bonchev–Trinajstić information content (AvgIpc) is 2.42. The number of hydrogen-bond acceptors (Lipinski definition) is 4. The lowest BCUT2D eigenvalue weighted by Crippen LogP contribution is -2.43. The first-order valence-electron chi connectivity index (χ1n) is 5.61. The standard InChI is InChI=1S/C12H14N2O4/c1-2-8-18-12(17)14-13-10(11(15)16)9-6-4-3-5-7-9/h2-7,10,13H,1,8H2,(H,14,17)(H,15,16)/i/hD. The van der Waals surface area contributed by atoms with E-state index in [1.54, 1.807) is 30.3 Å². The molecular weight excluding hydrogens is 236 g/mol. The third-order valence-corrected chi connectivity index (χ3v) is 1.99. The molecule has 0 radical (unpaired) electrons. The summed E-state index contributed by atoms with van der Waals surface area (Å²) in [6.07, 6.45) is 0.333. The summed E-state index contributed by atoms with van der Waals surface area (Å²) in [5, 5.41) is 9.09. The Hall–Kier alpha value is -2.34. The number of rotatable bonds is 6. The molecule has 1 atom stereocenters. The van der Waals surface area contributed by atoms with Gasteiger partial charge in [0.15, 0.2) is 1.41 Å². The molecule has 1 rings (SSSR count). The topological polar surface area (TPSA) is 87.7 Å². The monoisotopic (exact) mass is 251 g/mol. The Labute approximate surface area is 106 Å². The Morgan fingerprint density at radius 2 is 2.17 bits per heavy atom. The number of carboxylic acids is 1. The minimum atomic E-state index is -1.21. The highest BCUT2D eigenvalue weighted by Gasteiger charge is 2.19. The van der Waals surface area contributed by atoms with Gasteiger partial charge in [0.25, 0.3) is 0 Å². The van der Waals surface area contributed by atoms with Gasteiger partial charge in [0.1, 0.15) is 12.6 Å². The number of hydrazine groups is 1. The highest BCUT2D eigenvalue weighted by Crippen LogP contribution is 2.11. The number of carbonyl (C=O) groups excluding carboxylic acids is 1. The molecule has 0 spiro atoms. The normalized spacial score (nSPS) is 12.1. The summed E-state index contributed by atoms with van der Waals surface area (Å²) in [7, 11) is 0. The van der Waals surface area contributed by atoms with E-state index >= 15 is 0 Å². The van der Waals surface area contributed by atoms with Crippen LogP contribution in [0, 0.1) is 0 Å². The molecule has 6 heteroatoms. The van der Waals surface area contributed by atoms with Gasteiger partial charge in [0, 0.05) is 0 Å². The number of nitrogens with one attached hydrogen (secondary N) is 2. The van der Waals surface area contributed by atoms with E-state index in [1.807, 2.05) is 0 Å². The van der Waals surface area contributed by atoms with Gasteiger partial charge < -0.3 is 9.84 Å². The van der Waals surface area contributed by atoms with Gasteiger partial charge in [-0.1, -0.05) is 43.0 Å². The molecule has 0 aliphatic carbocycles. The molecule has 0 aromatic heterocycles. The summed E-state index contributed by atoms with van der Waals surface area (Å²) in [6.45, 7) is 3.30.